The Morgan fingerprint density at radius 3 is 2.81 bits per heavy atom. The van der Waals surface area contributed by atoms with Crippen LogP contribution in [0.25, 0.3) is 22.3 Å². The Morgan fingerprint density at radius 2 is 2.00 bits per heavy atom. The van der Waals surface area contributed by atoms with Crippen LogP contribution in [0.4, 0.5) is 0 Å². The van der Waals surface area contributed by atoms with Crippen LogP contribution in [-0.4, -0.2) is 19.7 Å². The van der Waals surface area contributed by atoms with E-state index in [0.29, 0.717) is 0 Å². The zero-order chi connectivity index (χ0) is 11.0. The smallest absolute Gasteiger partial charge is 0.182 e. The standard InChI is InChI=1S/C12H10N4/c1-16-8-14-15-12(16)11-10-5-3-2-4-9(10)6-7-13-11/h2-8H,1H3. The molecule has 0 aliphatic carbocycles. The SMILES string of the molecule is Cn1cnnc1-c1nccc2ccccc12. The largest absolute Gasteiger partial charge is 0.315 e. The summed E-state index contributed by atoms with van der Waals surface area (Å²) in [5.41, 5.74) is 0.873. The third-order valence-electron chi connectivity index (χ3n) is 2.60. The van der Waals surface area contributed by atoms with Crippen LogP contribution in [0.2, 0.25) is 0 Å². The number of pyridine rings is 1. The van der Waals surface area contributed by atoms with Crippen molar-refractivity contribution in [1.29, 1.82) is 0 Å². The summed E-state index contributed by atoms with van der Waals surface area (Å²) in [6.45, 7) is 0. The molecule has 0 N–H and O–H groups in total. The van der Waals surface area contributed by atoms with Gasteiger partial charge in [0.15, 0.2) is 5.82 Å². The van der Waals surface area contributed by atoms with Gasteiger partial charge in [0.1, 0.15) is 12.0 Å². The van der Waals surface area contributed by atoms with E-state index in [1.165, 1.54) is 0 Å². The fourth-order valence-electron chi connectivity index (χ4n) is 1.80. The van der Waals surface area contributed by atoms with Crippen LogP contribution in [0, 0.1) is 0 Å². The Morgan fingerprint density at radius 1 is 1.12 bits per heavy atom. The number of hydrogen-bond acceptors (Lipinski definition) is 3. The molecule has 16 heavy (non-hydrogen) atoms. The van der Waals surface area contributed by atoms with Crippen molar-refractivity contribution in [2.75, 3.05) is 0 Å². The van der Waals surface area contributed by atoms with Gasteiger partial charge in [-0.2, -0.15) is 0 Å². The molecule has 0 saturated heterocycles. The molecule has 0 atom stereocenters. The van der Waals surface area contributed by atoms with E-state index in [1.807, 2.05) is 35.9 Å². The minimum absolute atomic E-state index is 0.789. The first kappa shape index (κ1) is 9.03. The first-order chi connectivity index (χ1) is 7.86. The number of benzene rings is 1. The molecule has 0 spiro atoms. The van der Waals surface area contributed by atoms with E-state index >= 15 is 0 Å². The van der Waals surface area contributed by atoms with E-state index in [0.717, 1.165) is 22.3 Å². The number of aromatic nitrogens is 4. The molecule has 0 amide bonds. The molecule has 1 aromatic carbocycles. The van der Waals surface area contributed by atoms with Crippen molar-refractivity contribution in [2.45, 2.75) is 0 Å². The highest BCUT2D eigenvalue weighted by atomic mass is 15.3. The van der Waals surface area contributed by atoms with Crippen molar-refractivity contribution in [3.05, 3.63) is 42.9 Å². The molecule has 0 unspecified atom stereocenters. The van der Waals surface area contributed by atoms with Crippen molar-refractivity contribution >= 4 is 10.8 Å². The molecule has 78 valence electrons. The summed E-state index contributed by atoms with van der Waals surface area (Å²) in [7, 11) is 1.92. The van der Waals surface area contributed by atoms with E-state index in [1.54, 1.807) is 12.5 Å². The molecular formula is C12H10N4. The Balaban J connectivity index is 2.36. The zero-order valence-corrected chi connectivity index (χ0v) is 8.83. The molecule has 4 heteroatoms. The maximum atomic E-state index is 4.39. The van der Waals surface area contributed by atoms with Crippen LogP contribution in [0.5, 0.6) is 0 Å². The van der Waals surface area contributed by atoms with Gasteiger partial charge in [-0.25, -0.2) is 0 Å². The number of nitrogens with zero attached hydrogens (tertiary/aromatic N) is 4. The van der Waals surface area contributed by atoms with Gasteiger partial charge in [0.2, 0.25) is 0 Å². The van der Waals surface area contributed by atoms with E-state index in [4.69, 9.17) is 0 Å². The maximum Gasteiger partial charge on any atom is 0.182 e. The van der Waals surface area contributed by atoms with Crippen LogP contribution in [0.1, 0.15) is 0 Å². The molecule has 0 radical (unpaired) electrons. The van der Waals surface area contributed by atoms with Crippen LogP contribution < -0.4 is 0 Å². The van der Waals surface area contributed by atoms with Crippen molar-refractivity contribution in [3.8, 4) is 11.5 Å². The Labute approximate surface area is 92.6 Å². The van der Waals surface area contributed by atoms with Gasteiger partial charge in [-0.1, -0.05) is 24.3 Å². The predicted octanol–water partition coefficient (Wildman–Crippen LogP) is 2.03. The second-order valence-electron chi connectivity index (χ2n) is 3.65. The van der Waals surface area contributed by atoms with Crippen LogP contribution in [0.3, 0.4) is 0 Å². The van der Waals surface area contributed by atoms with Gasteiger partial charge in [0, 0.05) is 18.6 Å². The molecule has 4 nitrogen and oxygen atoms in total. The molecule has 0 bridgehead atoms. The van der Waals surface area contributed by atoms with Crippen molar-refractivity contribution < 1.29 is 0 Å². The minimum atomic E-state index is 0.789. The lowest BCUT2D eigenvalue weighted by Gasteiger charge is -2.03. The topological polar surface area (TPSA) is 43.6 Å². The molecule has 0 fully saturated rings. The molecule has 2 aromatic heterocycles. The van der Waals surface area contributed by atoms with Gasteiger partial charge in [-0.05, 0) is 11.5 Å². The summed E-state index contributed by atoms with van der Waals surface area (Å²) >= 11 is 0. The lowest BCUT2D eigenvalue weighted by molar-refractivity contribution is 0.915. The Bertz CT molecular complexity index is 637. The summed E-state index contributed by atoms with van der Waals surface area (Å²) in [6, 6.07) is 10.1. The molecule has 3 rings (SSSR count). The average molecular weight is 210 g/mol. The van der Waals surface area contributed by atoms with E-state index in [2.05, 4.69) is 21.2 Å². The average Bonchev–Trinajstić information content (AvgIpc) is 2.75. The fraction of sp³-hybridized carbons (Fsp3) is 0.0833. The van der Waals surface area contributed by atoms with E-state index in [9.17, 15) is 0 Å². The molecule has 2 heterocycles. The second-order valence-corrected chi connectivity index (χ2v) is 3.65. The van der Waals surface area contributed by atoms with Crippen LogP contribution in [-0.2, 0) is 7.05 Å². The third-order valence-corrected chi connectivity index (χ3v) is 2.60. The third kappa shape index (κ3) is 1.27. The maximum absolute atomic E-state index is 4.39. The van der Waals surface area contributed by atoms with Crippen molar-refractivity contribution in [2.24, 2.45) is 7.05 Å². The highest BCUT2D eigenvalue weighted by molar-refractivity contribution is 5.92. The number of hydrogen-bond donors (Lipinski definition) is 0. The van der Waals surface area contributed by atoms with Gasteiger partial charge in [0.25, 0.3) is 0 Å². The van der Waals surface area contributed by atoms with Gasteiger partial charge >= 0.3 is 0 Å². The van der Waals surface area contributed by atoms with Crippen LogP contribution >= 0.6 is 0 Å². The van der Waals surface area contributed by atoms with Gasteiger partial charge in [-0.3, -0.25) is 4.98 Å². The summed E-state index contributed by atoms with van der Waals surface area (Å²) in [5.74, 6) is 0.789. The number of rotatable bonds is 1. The molecular weight excluding hydrogens is 200 g/mol. The molecule has 3 aromatic rings. The monoisotopic (exact) mass is 210 g/mol. The highest BCUT2D eigenvalue weighted by Crippen LogP contribution is 2.23. The van der Waals surface area contributed by atoms with Crippen LogP contribution in [0.15, 0.2) is 42.9 Å². The summed E-state index contributed by atoms with van der Waals surface area (Å²) in [6.07, 6.45) is 3.48. The van der Waals surface area contributed by atoms with Crippen molar-refractivity contribution in [1.82, 2.24) is 19.7 Å². The molecule has 0 aliphatic rings. The quantitative estimate of drug-likeness (QED) is 0.617. The fourth-order valence-corrected chi connectivity index (χ4v) is 1.80. The van der Waals surface area contributed by atoms with Crippen molar-refractivity contribution in [3.63, 3.8) is 0 Å². The van der Waals surface area contributed by atoms with E-state index < -0.39 is 0 Å². The van der Waals surface area contributed by atoms with Gasteiger partial charge in [-0.15, -0.1) is 10.2 Å². The Kier molecular flexibility index (Phi) is 1.93. The summed E-state index contributed by atoms with van der Waals surface area (Å²) in [5, 5.41) is 10.2. The van der Waals surface area contributed by atoms with Gasteiger partial charge < -0.3 is 4.57 Å². The Hall–Kier alpha value is -2.23. The lowest BCUT2D eigenvalue weighted by atomic mass is 10.1. The molecule has 0 aliphatic heterocycles. The second kappa shape index (κ2) is 3.41. The molecule has 0 saturated carbocycles. The van der Waals surface area contributed by atoms with E-state index in [-0.39, 0.29) is 0 Å². The first-order valence-electron chi connectivity index (χ1n) is 5.04. The van der Waals surface area contributed by atoms with Gasteiger partial charge in [0.05, 0.1) is 0 Å². The predicted molar refractivity (Wildman–Crippen MR) is 61.7 cm³/mol. The minimum Gasteiger partial charge on any atom is -0.315 e. The highest BCUT2D eigenvalue weighted by Gasteiger charge is 2.09. The summed E-state index contributed by atoms with van der Waals surface area (Å²) < 4.78 is 1.87. The zero-order valence-electron chi connectivity index (χ0n) is 8.83. The first-order valence-corrected chi connectivity index (χ1v) is 5.04. The lowest BCUT2D eigenvalue weighted by Crippen LogP contribution is -1.94. The number of fused-ring (bicyclic) bond motifs is 1. The summed E-state index contributed by atoms with van der Waals surface area (Å²) in [4.78, 5) is 4.39. The normalized spacial score (nSPS) is 10.8. The number of aryl methyl sites for hydroxylation is 1.